The van der Waals surface area contributed by atoms with Gasteiger partial charge in [0.25, 0.3) is 0 Å². The molecule has 14 heavy (non-hydrogen) atoms. The van der Waals surface area contributed by atoms with Crippen LogP contribution < -0.4 is 5.32 Å². The van der Waals surface area contributed by atoms with Crippen molar-refractivity contribution in [1.29, 1.82) is 0 Å². The van der Waals surface area contributed by atoms with E-state index in [1.807, 2.05) is 7.05 Å². The lowest BCUT2D eigenvalue weighted by Crippen LogP contribution is -2.04. The Hall–Kier alpha value is -1.30. The Kier molecular flexibility index (Phi) is 4.18. The fourth-order valence-corrected chi connectivity index (χ4v) is 1.11. The molecule has 0 unspecified atom stereocenters. The fourth-order valence-electron chi connectivity index (χ4n) is 0.946. The van der Waals surface area contributed by atoms with Crippen LogP contribution in [0.25, 0.3) is 0 Å². The Balaban J connectivity index is 2.91. The first-order valence-electron chi connectivity index (χ1n) is 4.16. The van der Waals surface area contributed by atoms with Crippen LogP contribution in [-0.2, 0) is 0 Å². The Bertz CT molecular complexity index is 390. The number of benzene rings is 1. The predicted octanol–water partition coefficient (Wildman–Crippen LogP) is 1.72. The molecule has 0 saturated carbocycles. The second-order valence-electron chi connectivity index (χ2n) is 2.69. The molecule has 0 aliphatic rings. The van der Waals surface area contributed by atoms with Crippen LogP contribution in [0.3, 0.4) is 0 Å². The molecule has 0 fully saturated rings. The van der Waals surface area contributed by atoms with Crippen LogP contribution in [-0.4, -0.2) is 19.9 Å². The van der Waals surface area contributed by atoms with Gasteiger partial charge in [-0.05, 0) is 25.2 Å². The molecule has 3 heteroatoms. The van der Waals surface area contributed by atoms with Gasteiger partial charge >= 0.3 is 0 Å². The minimum Gasteiger partial charge on any atom is -0.309 e. The normalized spacial score (nSPS) is 9.00. The second-order valence-corrected chi connectivity index (χ2v) is 3.09. The quantitative estimate of drug-likeness (QED) is 0.591. The summed E-state index contributed by atoms with van der Waals surface area (Å²) in [6.45, 7) is 0.624. The Morgan fingerprint density at radius 1 is 1.57 bits per heavy atom. The van der Waals surface area contributed by atoms with Gasteiger partial charge in [-0.2, -0.15) is 0 Å². The fraction of sp³-hybridized carbons (Fsp3) is 0.182. The average Bonchev–Trinajstić information content (AvgIpc) is 2.21. The Morgan fingerprint density at radius 3 is 3.00 bits per heavy atom. The zero-order chi connectivity index (χ0) is 10.4. The van der Waals surface area contributed by atoms with Crippen molar-refractivity contribution in [3.63, 3.8) is 0 Å². The third-order valence-corrected chi connectivity index (χ3v) is 1.97. The van der Waals surface area contributed by atoms with Crippen molar-refractivity contribution in [2.75, 3.05) is 13.6 Å². The van der Waals surface area contributed by atoms with Crippen molar-refractivity contribution in [2.24, 2.45) is 0 Å². The van der Waals surface area contributed by atoms with Gasteiger partial charge in [-0.1, -0.05) is 23.4 Å². The van der Waals surface area contributed by atoms with E-state index in [0.29, 0.717) is 17.1 Å². The number of hydrogen-bond donors (Lipinski definition) is 1. The average molecular weight is 208 g/mol. The molecule has 0 aromatic heterocycles. The smallest absolute Gasteiger partial charge is 0.151 e. The van der Waals surface area contributed by atoms with Gasteiger partial charge in [0.1, 0.15) is 0 Å². The van der Waals surface area contributed by atoms with Crippen LogP contribution in [0.5, 0.6) is 0 Å². The number of rotatable bonds is 2. The summed E-state index contributed by atoms with van der Waals surface area (Å²) in [5.74, 6) is 5.82. The molecular weight excluding hydrogens is 198 g/mol. The summed E-state index contributed by atoms with van der Waals surface area (Å²) in [4.78, 5) is 10.6. The molecule has 1 N–H and O–H groups in total. The monoisotopic (exact) mass is 207 g/mol. The molecule has 72 valence electrons. The molecule has 0 radical (unpaired) electrons. The number of carbonyl (C=O) groups excluding carboxylic acids is 1. The van der Waals surface area contributed by atoms with Gasteiger partial charge in [0.05, 0.1) is 11.6 Å². The summed E-state index contributed by atoms with van der Waals surface area (Å²) < 4.78 is 0. The van der Waals surface area contributed by atoms with Crippen molar-refractivity contribution in [2.45, 2.75) is 0 Å². The predicted molar refractivity (Wildman–Crippen MR) is 57.6 cm³/mol. The van der Waals surface area contributed by atoms with Crippen molar-refractivity contribution in [3.05, 3.63) is 34.3 Å². The van der Waals surface area contributed by atoms with Crippen molar-refractivity contribution in [3.8, 4) is 11.8 Å². The van der Waals surface area contributed by atoms with Crippen LogP contribution >= 0.6 is 11.6 Å². The van der Waals surface area contributed by atoms with Crippen LogP contribution in [0, 0.1) is 11.8 Å². The SMILES string of the molecule is CNCC#Cc1ccc(Cl)c(C=O)c1. The maximum absolute atomic E-state index is 10.6. The standard InChI is InChI=1S/C11H10ClNO/c1-13-6-2-3-9-4-5-11(12)10(7-9)8-14/h4-5,7-8,13H,6H2,1H3. The Morgan fingerprint density at radius 2 is 2.36 bits per heavy atom. The number of hydrogen-bond acceptors (Lipinski definition) is 2. The summed E-state index contributed by atoms with van der Waals surface area (Å²) in [5.41, 5.74) is 1.27. The molecule has 2 nitrogen and oxygen atoms in total. The highest BCUT2D eigenvalue weighted by atomic mass is 35.5. The van der Waals surface area contributed by atoms with Gasteiger partial charge in [0, 0.05) is 11.1 Å². The highest BCUT2D eigenvalue weighted by Gasteiger charge is 1.98. The van der Waals surface area contributed by atoms with Gasteiger partial charge in [0.15, 0.2) is 6.29 Å². The van der Waals surface area contributed by atoms with E-state index in [-0.39, 0.29) is 0 Å². The van der Waals surface area contributed by atoms with Gasteiger partial charge in [-0.3, -0.25) is 4.79 Å². The van der Waals surface area contributed by atoms with Crippen molar-refractivity contribution in [1.82, 2.24) is 5.32 Å². The van der Waals surface area contributed by atoms with E-state index < -0.39 is 0 Å². The van der Waals surface area contributed by atoms with Gasteiger partial charge in [-0.15, -0.1) is 0 Å². The molecule has 1 aromatic rings. The van der Waals surface area contributed by atoms with E-state index in [0.717, 1.165) is 11.8 Å². The van der Waals surface area contributed by atoms with E-state index in [1.54, 1.807) is 18.2 Å². The molecule has 0 saturated heterocycles. The molecule has 0 aliphatic heterocycles. The summed E-state index contributed by atoms with van der Waals surface area (Å²) >= 11 is 5.77. The van der Waals surface area contributed by atoms with Gasteiger partial charge < -0.3 is 5.32 Å². The highest BCUT2D eigenvalue weighted by molar-refractivity contribution is 6.32. The number of aldehydes is 1. The molecule has 0 heterocycles. The molecule has 0 atom stereocenters. The molecule has 1 rings (SSSR count). The molecule has 0 spiro atoms. The van der Waals surface area contributed by atoms with Crippen LogP contribution in [0.2, 0.25) is 5.02 Å². The third-order valence-electron chi connectivity index (χ3n) is 1.62. The van der Waals surface area contributed by atoms with E-state index in [4.69, 9.17) is 11.6 Å². The summed E-state index contributed by atoms with van der Waals surface area (Å²) in [5, 5.41) is 3.37. The van der Waals surface area contributed by atoms with E-state index in [9.17, 15) is 4.79 Å². The molecule has 0 amide bonds. The summed E-state index contributed by atoms with van der Waals surface area (Å²) in [6.07, 6.45) is 0.728. The minimum atomic E-state index is 0.458. The largest absolute Gasteiger partial charge is 0.309 e. The highest BCUT2D eigenvalue weighted by Crippen LogP contribution is 2.14. The van der Waals surface area contributed by atoms with E-state index in [2.05, 4.69) is 17.2 Å². The topological polar surface area (TPSA) is 29.1 Å². The maximum atomic E-state index is 10.6. The molecular formula is C11H10ClNO. The number of nitrogens with one attached hydrogen (secondary N) is 1. The molecule has 0 aliphatic carbocycles. The third kappa shape index (κ3) is 2.88. The lowest BCUT2D eigenvalue weighted by Gasteiger charge is -1.95. The van der Waals surface area contributed by atoms with Crippen molar-refractivity contribution < 1.29 is 4.79 Å². The van der Waals surface area contributed by atoms with Crippen molar-refractivity contribution >= 4 is 17.9 Å². The Labute approximate surface area is 88.3 Å². The zero-order valence-corrected chi connectivity index (χ0v) is 8.56. The zero-order valence-electron chi connectivity index (χ0n) is 7.80. The van der Waals surface area contributed by atoms with Crippen LogP contribution in [0.1, 0.15) is 15.9 Å². The second kappa shape index (κ2) is 5.43. The van der Waals surface area contributed by atoms with Gasteiger partial charge in [0.2, 0.25) is 0 Å². The summed E-state index contributed by atoms with van der Waals surface area (Å²) in [7, 11) is 1.83. The van der Waals surface area contributed by atoms with E-state index in [1.165, 1.54) is 0 Å². The number of halogens is 1. The lowest BCUT2D eigenvalue weighted by molar-refractivity contribution is 0.112. The van der Waals surface area contributed by atoms with Gasteiger partial charge in [-0.25, -0.2) is 0 Å². The summed E-state index contributed by atoms with van der Waals surface area (Å²) in [6, 6.07) is 5.14. The minimum absolute atomic E-state index is 0.458. The van der Waals surface area contributed by atoms with Crippen LogP contribution in [0.4, 0.5) is 0 Å². The maximum Gasteiger partial charge on any atom is 0.151 e. The lowest BCUT2D eigenvalue weighted by atomic mass is 10.1. The first-order valence-corrected chi connectivity index (χ1v) is 4.54. The molecule has 0 bridgehead atoms. The first-order chi connectivity index (χ1) is 6.77. The van der Waals surface area contributed by atoms with E-state index >= 15 is 0 Å². The first kappa shape index (κ1) is 10.8. The molecule has 1 aromatic carbocycles. The van der Waals surface area contributed by atoms with Crippen LogP contribution in [0.15, 0.2) is 18.2 Å². The number of carbonyl (C=O) groups is 1.